The molecule has 2 heterocycles. The summed E-state index contributed by atoms with van der Waals surface area (Å²) < 4.78 is 0. The molecule has 0 saturated carbocycles. The van der Waals surface area contributed by atoms with Gasteiger partial charge in [0.05, 0.1) is 6.54 Å². The lowest BCUT2D eigenvalue weighted by molar-refractivity contribution is -0.123. The molecule has 152 valence electrons. The van der Waals surface area contributed by atoms with Gasteiger partial charge in [-0.15, -0.1) is 11.3 Å². The first-order chi connectivity index (χ1) is 14.7. The van der Waals surface area contributed by atoms with E-state index in [0.717, 1.165) is 21.3 Å². The SMILES string of the molecule is O=C(Nc1ccccc1)N[C@H](Cc1c[nH]c2ccccc12)C(=O)NCc1cccs1. The Kier molecular flexibility index (Phi) is 6.10. The molecule has 0 radical (unpaired) electrons. The molecule has 2 aromatic carbocycles. The molecule has 7 heteroatoms. The molecule has 0 aliphatic carbocycles. The molecule has 0 bridgehead atoms. The summed E-state index contributed by atoms with van der Waals surface area (Å²) in [7, 11) is 0. The number of aromatic amines is 1. The van der Waals surface area contributed by atoms with Crippen LogP contribution in [0.5, 0.6) is 0 Å². The number of hydrogen-bond donors (Lipinski definition) is 4. The van der Waals surface area contributed by atoms with Crippen LogP contribution in [0.1, 0.15) is 10.4 Å². The van der Waals surface area contributed by atoms with Gasteiger partial charge in [-0.25, -0.2) is 4.79 Å². The quantitative estimate of drug-likeness (QED) is 0.361. The van der Waals surface area contributed by atoms with Gasteiger partial charge in [-0.1, -0.05) is 42.5 Å². The van der Waals surface area contributed by atoms with Crippen molar-refractivity contribution >= 4 is 39.9 Å². The predicted octanol–water partition coefficient (Wildman–Crippen LogP) is 4.28. The standard InChI is InChI=1S/C23H22N4O2S/c28-22(25-15-18-9-6-12-30-18)21(27-23(29)26-17-7-2-1-3-8-17)13-16-14-24-20-11-5-4-10-19(16)20/h1-12,14,21,24H,13,15H2,(H,25,28)(H2,26,27,29)/t21-/m1/s1. The Hall–Kier alpha value is -3.58. The number of benzene rings is 2. The van der Waals surface area contributed by atoms with Crippen molar-refractivity contribution in [3.63, 3.8) is 0 Å². The van der Waals surface area contributed by atoms with Crippen molar-refractivity contribution in [2.75, 3.05) is 5.32 Å². The monoisotopic (exact) mass is 418 g/mol. The summed E-state index contributed by atoms with van der Waals surface area (Å²) in [6.45, 7) is 0.433. The number of para-hydroxylation sites is 2. The zero-order valence-electron chi connectivity index (χ0n) is 16.2. The Labute approximate surface area is 178 Å². The van der Waals surface area contributed by atoms with E-state index >= 15 is 0 Å². The normalized spacial score (nSPS) is 11.7. The maximum Gasteiger partial charge on any atom is 0.319 e. The second-order valence-electron chi connectivity index (χ2n) is 6.88. The lowest BCUT2D eigenvalue weighted by Gasteiger charge is -2.19. The van der Waals surface area contributed by atoms with Crippen LogP contribution < -0.4 is 16.0 Å². The maximum atomic E-state index is 12.9. The number of aromatic nitrogens is 1. The van der Waals surface area contributed by atoms with E-state index in [1.807, 2.05) is 66.2 Å². The van der Waals surface area contributed by atoms with Crippen LogP contribution in [0.2, 0.25) is 0 Å². The fourth-order valence-corrected chi connectivity index (χ4v) is 3.93. The van der Waals surface area contributed by atoms with E-state index in [9.17, 15) is 9.59 Å². The number of amides is 3. The summed E-state index contributed by atoms with van der Waals surface area (Å²) in [6.07, 6.45) is 2.27. The lowest BCUT2D eigenvalue weighted by Crippen LogP contribution is -2.49. The number of carbonyl (C=O) groups excluding carboxylic acids is 2. The summed E-state index contributed by atoms with van der Waals surface area (Å²) in [5.41, 5.74) is 2.64. The summed E-state index contributed by atoms with van der Waals surface area (Å²) in [6, 6.07) is 19.8. The van der Waals surface area contributed by atoms with Crippen LogP contribution in [-0.4, -0.2) is 23.0 Å². The third kappa shape index (κ3) is 4.87. The molecule has 4 rings (SSSR count). The van der Waals surface area contributed by atoms with Gasteiger partial charge >= 0.3 is 6.03 Å². The van der Waals surface area contributed by atoms with E-state index in [1.54, 1.807) is 23.5 Å². The molecule has 2 aromatic heterocycles. The highest BCUT2D eigenvalue weighted by molar-refractivity contribution is 7.09. The Morgan fingerprint density at radius 2 is 1.77 bits per heavy atom. The molecule has 3 amide bonds. The highest BCUT2D eigenvalue weighted by Crippen LogP contribution is 2.19. The molecule has 0 unspecified atom stereocenters. The number of hydrogen-bond acceptors (Lipinski definition) is 3. The molecule has 4 N–H and O–H groups in total. The Morgan fingerprint density at radius 3 is 2.57 bits per heavy atom. The maximum absolute atomic E-state index is 12.9. The zero-order valence-corrected chi connectivity index (χ0v) is 17.0. The Bertz CT molecular complexity index is 1120. The van der Waals surface area contributed by atoms with Crippen molar-refractivity contribution in [3.05, 3.63) is 88.7 Å². The second-order valence-corrected chi connectivity index (χ2v) is 7.91. The number of H-pyrrole nitrogens is 1. The first-order valence-electron chi connectivity index (χ1n) is 9.67. The minimum absolute atomic E-state index is 0.225. The molecular formula is C23H22N4O2S. The molecular weight excluding hydrogens is 396 g/mol. The molecule has 30 heavy (non-hydrogen) atoms. The van der Waals surface area contributed by atoms with Crippen LogP contribution in [0.3, 0.4) is 0 Å². The minimum Gasteiger partial charge on any atom is -0.361 e. The number of rotatable bonds is 7. The van der Waals surface area contributed by atoms with E-state index < -0.39 is 12.1 Å². The molecule has 6 nitrogen and oxygen atoms in total. The van der Waals surface area contributed by atoms with Crippen molar-refractivity contribution in [1.29, 1.82) is 0 Å². The molecule has 0 aliphatic heterocycles. The van der Waals surface area contributed by atoms with Gasteiger partial charge in [-0.05, 0) is 35.2 Å². The third-order valence-corrected chi connectivity index (χ3v) is 5.65. The number of nitrogens with one attached hydrogen (secondary N) is 4. The Balaban J connectivity index is 1.49. The number of thiophene rings is 1. The number of anilines is 1. The van der Waals surface area contributed by atoms with Crippen molar-refractivity contribution in [3.8, 4) is 0 Å². The van der Waals surface area contributed by atoms with E-state index in [2.05, 4.69) is 20.9 Å². The second kappa shape index (κ2) is 9.28. The van der Waals surface area contributed by atoms with Crippen LogP contribution >= 0.6 is 11.3 Å². The van der Waals surface area contributed by atoms with Gasteiger partial charge in [0.15, 0.2) is 0 Å². The van der Waals surface area contributed by atoms with E-state index in [0.29, 0.717) is 18.7 Å². The summed E-state index contributed by atoms with van der Waals surface area (Å²) >= 11 is 1.58. The summed E-state index contributed by atoms with van der Waals surface area (Å²) in [4.78, 5) is 29.8. The van der Waals surface area contributed by atoms with Crippen molar-refractivity contribution in [2.45, 2.75) is 19.0 Å². The largest absolute Gasteiger partial charge is 0.361 e. The van der Waals surface area contributed by atoms with E-state index in [1.165, 1.54) is 0 Å². The first-order valence-corrected chi connectivity index (χ1v) is 10.5. The van der Waals surface area contributed by atoms with Gasteiger partial charge in [-0.3, -0.25) is 4.79 Å². The molecule has 0 saturated heterocycles. The van der Waals surface area contributed by atoms with Crippen LogP contribution in [0, 0.1) is 0 Å². The van der Waals surface area contributed by atoms with Gasteiger partial charge in [-0.2, -0.15) is 0 Å². The number of urea groups is 1. The summed E-state index contributed by atoms with van der Waals surface area (Å²) in [5.74, 6) is -0.225. The molecule has 0 spiro atoms. The first kappa shape index (κ1) is 19.7. The smallest absolute Gasteiger partial charge is 0.319 e. The van der Waals surface area contributed by atoms with Crippen molar-refractivity contribution in [1.82, 2.24) is 15.6 Å². The van der Waals surface area contributed by atoms with Gasteiger partial charge in [0.25, 0.3) is 0 Å². The topological polar surface area (TPSA) is 86.0 Å². The molecule has 0 aliphatic rings. The zero-order chi connectivity index (χ0) is 20.8. The average Bonchev–Trinajstić information content (AvgIpc) is 3.42. The highest BCUT2D eigenvalue weighted by Gasteiger charge is 2.22. The highest BCUT2D eigenvalue weighted by atomic mass is 32.1. The predicted molar refractivity (Wildman–Crippen MR) is 121 cm³/mol. The van der Waals surface area contributed by atoms with Crippen LogP contribution in [0.15, 0.2) is 78.3 Å². The van der Waals surface area contributed by atoms with Gasteiger partial charge in [0.1, 0.15) is 6.04 Å². The van der Waals surface area contributed by atoms with Crippen molar-refractivity contribution < 1.29 is 9.59 Å². The fourth-order valence-electron chi connectivity index (χ4n) is 3.29. The average molecular weight is 419 g/mol. The van der Waals surface area contributed by atoms with Crippen LogP contribution in [0.4, 0.5) is 10.5 Å². The minimum atomic E-state index is -0.715. The Morgan fingerprint density at radius 1 is 0.967 bits per heavy atom. The van der Waals surface area contributed by atoms with E-state index in [-0.39, 0.29) is 5.91 Å². The molecule has 0 fully saturated rings. The van der Waals surface area contributed by atoms with E-state index in [4.69, 9.17) is 0 Å². The lowest BCUT2D eigenvalue weighted by atomic mass is 10.0. The third-order valence-electron chi connectivity index (χ3n) is 4.77. The van der Waals surface area contributed by atoms with Crippen LogP contribution in [0.25, 0.3) is 10.9 Å². The van der Waals surface area contributed by atoms with Crippen LogP contribution in [-0.2, 0) is 17.8 Å². The molecule has 4 aromatic rings. The number of fused-ring (bicyclic) bond motifs is 1. The van der Waals surface area contributed by atoms with Gasteiger partial charge < -0.3 is 20.9 Å². The molecule has 1 atom stereocenters. The van der Waals surface area contributed by atoms with Gasteiger partial charge in [0.2, 0.25) is 5.91 Å². The van der Waals surface area contributed by atoms with Gasteiger partial charge in [0, 0.05) is 34.1 Å². The summed E-state index contributed by atoms with van der Waals surface area (Å²) in [5, 5.41) is 11.5. The van der Waals surface area contributed by atoms with Crippen molar-refractivity contribution in [2.24, 2.45) is 0 Å². The number of carbonyl (C=O) groups is 2. The fraction of sp³-hybridized carbons (Fsp3) is 0.130.